The van der Waals surface area contributed by atoms with Crippen LogP contribution in [0.15, 0.2) is 18.6 Å². The van der Waals surface area contributed by atoms with Gasteiger partial charge in [0.05, 0.1) is 11.7 Å². The van der Waals surface area contributed by atoms with Crippen LogP contribution in [0, 0.1) is 0 Å². The van der Waals surface area contributed by atoms with Gasteiger partial charge < -0.3 is 5.32 Å². The number of thioether (sulfide) groups is 1. The number of hydrogen-bond donors (Lipinski definition) is 1. The van der Waals surface area contributed by atoms with Crippen LogP contribution in [-0.4, -0.2) is 28.0 Å². The van der Waals surface area contributed by atoms with Crippen molar-refractivity contribution in [3.63, 3.8) is 0 Å². The van der Waals surface area contributed by atoms with Crippen molar-refractivity contribution in [1.82, 2.24) is 15.3 Å². The zero-order valence-corrected chi connectivity index (χ0v) is 10.5. The molecular formula is C12H19N3S. The van der Waals surface area contributed by atoms with E-state index in [-0.39, 0.29) is 0 Å². The van der Waals surface area contributed by atoms with E-state index in [2.05, 4.69) is 27.0 Å². The van der Waals surface area contributed by atoms with Crippen molar-refractivity contribution < 1.29 is 0 Å². The van der Waals surface area contributed by atoms with Crippen LogP contribution < -0.4 is 5.32 Å². The first-order chi connectivity index (χ1) is 7.90. The van der Waals surface area contributed by atoms with Crippen molar-refractivity contribution in [2.75, 3.05) is 12.8 Å². The van der Waals surface area contributed by atoms with E-state index in [0.717, 1.165) is 16.7 Å². The maximum atomic E-state index is 4.36. The second kappa shape index (κ2) is 6.21. The molecule has 1 unspecified atom stereocenters. The SMILES string of the molecule is CNC(CSC1CCCC1)c1cnccn1. The highest BCUT2D eigenvalue weighted by molar-refractivity contribution is 7.99. The quantitative estimate of drug-likeness (QED) is 0.853. The summed E-state index contributed by atoms with van der Waals surface area (Å²) in [5.41, 5.74) is 1.05. The van der Waals surface area contributed by atoms with Crippen molar-refractivity contribution in [3.05, 3.63) is 24.3 Å². The Morgan fingerprint density at radius 3 is 2.88 bits per heavy atom. The zero-order chi connectivity index (χ0) is 11.2. The van der Waals surface area contributed by atoms with E-state index >= 15 is 0 Å². The topological polar surface area (TPSA) is 37.8 Å². The number of aromatic nitrogens is 2. The summed E-state index contributed by atoms with van der Waals surface area (Å²) in [6.07, 6.45) is 10.9. The second-order valence-electron chi connectivity index (χ2n) is 4.21. The first-order valence-electron chi connectivity index (χ1n) is 5.95. The van der Waals surface area contributed by atoms with Crippen LogP contribution in [-0.2, 0) is 0 Å². The molecule has 1 heterocycles. The first kappa shape index (κ1) is 11.9. The molecule has 1 aromatic rings. The van der Waals surface area contributed by atoms with Crippen LogP contribution in [0.3, 0.4) is 0 Å². The number of hydrogen-bond acceptors (Lipinski definition) is 4. The summed E-state index contributed by atoms with van der Waals surface area (Å²) in [5, 5.41) is 4.19. The fourth-order valence-electron chi connectivity index (χ4n) is 2.09. The fourth-order valence-corrected chi connectivity index (χ4v) is 3.56. The van der Waals surface area contributed by atoms with Gasteiger partial charge in [0, 0.05) is 29.6 Å². The molecule has 1 aliphatic rings. The molecule has 2 rings (SSSR count). The van der Waals surface area contributed by atoms with Crippen LogP contribution in [0.2, 0.25) is 0 Å². The molecule has 1 saturated carbocycles. The fraction of sp³-hybridized carbons (Fsp3) is 0.667. The van der Waals surface area contributed by atoms with Crippen molar-refractivity contribution >= 4 is 11.8 Å². The lowest BCUT2D eigenvalue weighted by molar-refractivity contribution is 0.636. The Morgan fingerprint density at radius 2 is 2.25 bits per heavy atom. The van der Waals surface area contributed by atoms with E-state index in [9.17, 15) is 0 Å². The lowest BCUT2D eigenvalue weighted by Gasteiger charge is -2.17. The van der Waals surface area contributed by atoms with Gasteiger partial charge in [0.25, 0.3) is 0 Å². The number of nitrogens with zero attached hydrogens (tertiary/aromatic N) is 2. The summed E-state index contributed by atoms with van der Waals surface area (Å²) in [6, 6.07) is 0.333. The predicted octanol–water partition coefficient (Wildman–Crippen LogP) is 2.41. The van der Waals surface area contributed by atoms with E-state index in [4.69, 9.17) is 0 Å². The Labute approximate surface area is 101 Å². The highest BCUT2D eigenvalue weighted by atomic mass is 32.2. The number of rotatable bonds is 5. The lowest BCUT2D eigenvalue weighted by atomic mass is 10.2. The molecule has 3 nitrogen and oxygen atoms in total. The minimum absolute atomic E-state index is 0.333. The van der Waals surface area contributed by atoms with Crippen LogP contribution in [0.1, 0.15) is 37.4 Å². The molecule has 0 radical (unpaired) electrons. The van der Waals surface area contributed by atoms with Gasteiger partial charge in [0.15, 0.2) is 0 Å². The van der Waals surface area contributed by atoms with Gasteiger partial charge in [-0.25, -0.2) is 0 Å². The van der Waals surface area contributed by atoms with E-state index < -0.39 is 0 Å². The van der Waals surface area contributed by atoms with Crippen molar-refractivity contribution in [2.24, 2.45) is 0 Å². The minimum atomic E-state index is 0.333. The standard InChI is InChI=1S/C12H19N3S/c1-13-12(11-8-14-6-7-15-11)9-16-10-4-2-3-5-10/h6-8,10,12-13H,2-5,9H2,1H3. The zero-order valence-electron chi connectivity index (χ0n) is 9.72. The monoisotopic (exact) mass is 237 g/mol. The van der Waals surface area contributed by atoms with Crippen LogP contribution in [0.4, 0.5) is 0 Å². The second-order valence-corrected chi connectivity index (χ2v) is 5.54. The minimum Gasteiger partial charge on any atom is -0.311 e. The molecule has 0 aliphatic heterocycles. The molecule has 1 aromatic heterocycles. The smallest absolute Gasteiger partial charge is 0.0764 e. The van der Waals surface area contributed by atoms with Crippen LogP contribution >= 0.6 is 11.8 Å². The maximum absolute atomic E-state index is 4.36. The van der Waals surface area contributed by atoms with Crippen LogP contribution in [0.25, 0.3) is 0 Å². The Morgan fingerprint density at radius 1 is 1.44 bits per heavy atom. The molecule has 0 saturated heterocycles. The molecule has 0 spiro atoms. The van der Waals surface area contributed by atoms with Gasteiger partial charge in [-0.3, -0.25) is 9.97 Å². The van der Waals surface area contributed by atoms with Crippen molar-refractivity contribution in [1.29, 1.82) is 0 Å². The molecule has 0 bridgehead atoms. The Bertz CT molecular complexity index is 298. The Kier molecular flexibility index (Phi) is 4.60. The molecule has 1 aliphatic carbocycles. The van der Waals surface area contributed by atoms with E-state index in [0.29, 0.717) is 6.04 Å². The third-order valence-corrected chi connectivity index (χ3v) is 4.56. The van der Waals surface area contributed by atoms with E-state index in [1.807, 2.05) is 13.2 Å². The molecular weight excluding hydrogens is 218 g/mol. The van der Waals surface area contributed by atoms with Gasteiger partial charge in [0.2, 0.25) is 0 Å². The lowest BCUT2D eigenvalue weighted by Crippen LogP contribution is -2.21. The van der Waals surface area contributed by atoms with Gasteiger partial charge in [0.1, 0.15) is 0 Å². The molecule has 0 amide bonds. The van der Waals surface area contributed by atoms with Gasteiger partial charge in [-0.1, -0.05) is 12.8 Å². The predicted molar refractivity (Wildman–Crippen MR) is 68.5 cm³/mol. The third kappa shape index (κ3) is 3.19. The highest BCUT2D eigenvalue weighted by Gasteiger charge is 2.18. The summed E-state index contributed by atoms with van der Waals surface area (Å²) in [6.45, 7) is 0. The molecule has 88 valence electrons. The maximum Gasteiger partial charge on any atom is 0.0764 e. The summed E-state index contributed by atoms with van der Waals surface area (Å²) in [4.78, 5) is 8.48. The van der Waals surface area contributed by atoms with Gasteiger partial charge >= 0.3 is 0 Å². The average Bonchev–Trinajstić information content (AvgIpc) is 2.84. The van der Waals surface area contributed by atoms with Gasteiger partial charge in [-0.15, -0.1) is 0 Å². The molecule has 1 atom stereocenters. The molecule has 1 N–H and O–H groups in total. The largest absolute Gasteiger partial charge is 0.311 e. The number of nitrogens with one attached hydrogen (secondary N) is 1. The summed E-state index contributed by atoms with van der Waals surface area (Å²) in [5.74, 6) is 1.10. The Balaban J connectivity index is 1.85. The molecule has 4 heteroatoms. The van der Waals surface area contributed by atoms with Gasteiger partial charge in [-0.05, 0) is 19.9 Å². The highest BCUT2D eigenvalue weighted by Crippen LogP contribution is 2.31. The van der Waals surface area contributed by atoms with E-state index in [1.165, 1.54) is 25.7 Å². The average molecular weight is 237 g/mol. The van der Waals surface area contributed by atoms with Crippen molar-refractivity contribution in [2.45, 2.75) is 37.0 Å². The summed E-state index contributed by atoms with van der Waals surface area (Å²) >= 11 is 2.08. The summed E-state index contributed by atoms with van der Waals surface area (Å²) < 4.78 is 0. The third-order valence-electron chi connectivity index (χ3n) is 3.09. The molecule has 16 heavy (non-hydrogen) atoms. The summed E-state index contributed by atoms with van der Waals surface area (Å²) in [7, 11) is 1.99. The van der Waals surface area contributed by atoms with E-state index in [1.54, 1.807) is 12.4 Å². The normalized spacial score (nSPS) is 18.8. The Hall–Kier alpha value is -0.610. The van der Waals surface area contributed by atoms with Gasteiger partial charge in [-0.2, -0.15) is 11.8 Å². The molecule has 1 fully saturated rings. The molecule has 0 aromatic carbocycles. The van der Waals surface area contributed by atoms with Crippen molar-refractivity contribution in [3.8, 4) is 0 Å². The first-order valence-corrected chi connectivity index (χ1v) is 7.00. The van der Waals surface area contributed by atoms with Crippen LogP contribution in [0.5, 0.6) is 0 Å².